The van der Waals surface area contributed by atoms with E-state index in [4.69, 9.17) is 9.47 Å². The molecule has 5 rings (SSSR count). The average Bonchev–Trinajstić information content (AvgIpc) is 3.34. The highest BCUT2D eigenvalue weighted by atomic mass is 16.5. The van der Waals surface area contributed by atoms with Crippen molar-refractivity contribution in [1.29, 1.82) is 0 Å². The number of rotatable bonds is 6. The molecule has 0 bridgehead atoms. The molecule has 0 saturated carbocycles. The minimum absolute atomic E-state index is 0.108. The minimum Gasteiger partial charge on any atom is -0.489 e. The van der Waals surface area contributed by atoms with E-state index in [-0.39, 0.29) is 5.78 Å². The molecule has 0 radical (unpaired) electrons. The number of benzene rings is 3. The highest BCUT2D eigenvalue weighted by molar-refractivity contribution is 6.15. The molecule has 0 spiro atoms. The molecular weight excluding hydrogens is 398 g/mol. The van der Waals surface area contributed by atoms with Crippen molar-refractivity contribution in [2.75, 3.05) is 6.61 Å². The van der Waals surface area contributed by atoms with Gasteiger partial charge in [0.05, 0.1) is 5.56 Å². The molecule has 32 heavy (non-hydrogen) atoms. The maximum atomic E-state index is 12.9. The molecule has 0 aliphatic carbocycles. The smallest absolute Gasteiger partial charge is 0.231 e. The molecule has 0 atom stereocenters. The monoisotopic (exact) mass is 421 g/mol. The van der Waals surface area contributed by atoms with E-state index in [2.05, 4.69) is 29.8 Å². The summed E-state index contributed by atoms with van der Waals surface area (Å²) in [5.74, 6) is 1.42. The van der Waals surface area contributed by atoms with Crippen molar-refractivity contribution in [3.63, 3.8) is 0 Å². The van der Waals surface area contributed by atoms with Crippen molar-refractivity contribution in [2.24, 2.45) is 0 Å². The van der Waals surface area contributed by atoms with Gasteiger partial charge >= 0.3 is 0 Å². The fraction of sp³-hybridized carbons (Fsp3) is 0.107. The third-order valence-corrected chi connectivity index (χ3v) is 5.54. The molecule has 1 aliphatic rings. The number of ether oxygens (including phenoxy) is 2. The molecular formula is C28H23NO3. The summed E-state index contributed by atoms with van der Waals surface area (Å²) >= 11 is 0. The van der Waals surface area contributed by atoms with Gasteiger partial charge in [0.25, 0.3) is 0 Å². The zero-order valence-electron chi connectivity index (χ0n) is 17.8. The van der Waals surface area contributed by atoms with Crippen LogP contribution in [0.3, 0.4) is 0 Å². The molecule has 2 heterocycles. The molecule has 4 aromatic rings. The number of Topliss-reactive ketones (excluding diaryl/α,β-unsaturated/α-hetero) is 1. The molecule has 3 aromatic carbocycles. The number of nitrogens with zero attached hydrogens (tertiary/aromatic N) is 1. The van der Waals surface area contributed by atoms with Crippen LogP contribution in [-0.2, 0) is 6.54 Å². The summed E-state index contributed by atoms with van der Waals surface area (Å²) < 4.78 is 13.9. The van der Waals surface area contributed by atoms with Gasteiger partial charge < -0.3 is 14.0 Å². The van der Waals surface area contributed by atoms with Gasteiger partial charge in [0.2, 0.25) is 5.78 Å². The molecule has 4 nitrogen and oxygen atoms in total. The van der Waals surface area contributed by atoms with E-state index in [0.29, 0.717) is 29.4 Å². The lowest BCUT2D eigenvalue weighted by atomic mass is 10.1. The number of para-hydroxylation sites is 1. The second-order valence-corrected chi connectivity index (χ2v) is 7.61. The predicted molar refractivity (Wildman–Crippen MR) is 128 cm³/mol. The van der Waals surface area contributed by atoms with Gasteiger partial charge in [-0.3, -0.25) is 4.79 Å². The minimum atomic E-state index is -0.108. The summed E-state index contributed by atoms with van der Waals surface area (Å²) in [6, 6.07) is 23.6. The van der Waals surface area contributed by atoms with E-state index >= 15 is 0 Å². The van der Waals surface area contributed by atoms with Gasteiger partial charge in [-0.15, -0.1) is 0 Å². The standard InChI is InChI=1S/C28H23NO3/c1-2-29-19-21(23-12-6-7-13-25(23)29)17-27-28(30)24-15-14-22(18-26(24)32-27)31-16-8-11-20-9-4-3-5-10-20/h3-15,17-19H,2,16H2,1H3/b11-8+,27-17+. The van der Waals surface area contributed by atoms with E-state index in [1.807, 2.05) is 66.8 Å². The second kappa shape index (κ2) is 8.60. The first kappa shape index (κ1) is 19.9. The zero-order chi connectivity index (χ0) is 21.9. The Balaban J connectivity index is 1.33. The zero-order valence-corrected chi connectivity index (χ0v) is 17.8. The van der Waals surface area contributed by atoms with Crippen LogP contribution in [0.5, 0.6) is 11.5 Å². The van der Waals surface area contributed by atoms with Crippen LogP contribution in [0.2, 0.25) is 0 Å². The highest BCUT2D eigenvalue weighted by Gasteiger charge is 2.28. The van der Waals surface area contributed by atoms with E-state index < -0.39 is 0 Å². The summed E-state index contributed by atoms with van der Waals surface area (Å²) in [5, 5.41) is 1.10. The average molecular weight is 421 g/mol. The molecule has 0 fully saturated rings. The van der Waals surface area contributed by atoms with E-state index in [9.17, 15) is 4.79 Å². The first-order valence-corrected chi connectivity index (χ1v) is 10.7. The number of carbonyl (C=O) groups excluding carboxylic acids is 1. The van der Waals surface area contributed by atoms with Crippen LogP contribution < -0.4 is 9.47 Å². The van der Waals surface area contributed by atoms with Gasteiger partial charge in [-0.25, -0.2) is 0 Å². The number of aryl methyl sites for hydroxylation is 1. The van der Waals surface area contributed by atoms with Gasteiger partial charge in [0, 0.05) is 35.3 Å². The third-order valence-electron chi connectivity index (χ3n) is 5.54. The Morgan fingerprint density at radius 1 is 1.00 bits per heavy atom. The van der Waals surface area contributed by atoms with Gasteiger partial charge in [0.15, 0.2) is 5.76 Å². The van der Waals surface area contributed by atoms with E-state index in [0.717, 1.165) is 28.6 Å². The molecule has 158 valence electrons. The lowest BCUT2D eigenvalue weighted by Gasteiger charge is -2.04. The molecule has 0 N–H and O–H groups in total. The van der Waals surface area contributed by atoms with Gasteiger partial charge in [-0.05, 0) is 42.8 Å². The molecule has 1 aromatic heterocycles. The van der Waals surface area contributed by atoms with E-state index in [1.54, 1.807) is 12.1 Å². The maximum Gasteiger partial charge on any atom is 0.231 e. The van der Waals surface area contributed by atoms with Crippen LogP contribution in [0.25, 0.3) is 23.1 Å². The number of ketones is 1. The van der Waals surface area contributed by atoms with E-state index in [1.165, 1.54) is 0 Å². The van der Waals surface area contributed by atoms with Crippen LogP contribution >= 0.6 is 0 Å². The fourth-order valence-corrected chi connectivity index (χ4v) is 3.94. The molecule has 0 amide bonds. The topological polar surface area (TPSA) is 40.5 Å². The predicted octanol–water partition coefficient (Wildman–Crippen LogP) is 6.37. The Hall–Kier alpha value is -4.05. The summed E-state index contributed by atoms with van der Waals surface area (Å²) in [4.78, 5) is 12.9. The number of hydrogen-bond donors (Lipinski definition) is 0. The SMILES string of the molecule is CCn1cc(/C=C2/Oc3cc(OC/C=C/c4ccccc4)ccc3C2=O)c2ccccc21. The van der Waals surface area contributed by atoms with Crippen molar-refractivity contribution in [1.82, 2.24) is 4.57 Å². The van der Waals surface area contributed by atoms with Crippen molar-refractivity contribution in [3.05, 3.63) is 108 Å². The number of allylic oxidation sites excluding steroid dienone is 1. The third kappa shape index (κ3) is 3.83. The van der Waals surface area contributed by atoms with Gasteiger partial charge in [-0.2, -0.15) is 0 Å². The summed E-state index contributed by atoms with van der Waals surface area (Å²) in [6.45, 7) is 3.39. The first-order chi connectivity index (χ1) is 15.7. The van der Waals surface area contributed by atoms with Crippen molar-refractivity contribution >= 4 is 28.8 Å². The van der Waals surface area contributed by atoms with Crippen molar-refractivity contribution < 1.29 is 14.3 Å². The largest absolute Gasteiger partial charge is 0.489 e. The lowest BCUT2D eigenvalue weighted by molar-refractivity contribution is 0.101. The van der Waals surface area contributed by atoms with Gasteiger partial charge in [0.1, 0.15) is 18.1 Å². The van der Waals surface area contributed by atoms with Crippen molar-refractivity contribution in [3.8, 4) is 11.5 Å². The summed E-state index contributed by atoms with van der Waals surface area (Å²) in [7, 11) is 0. The molecule has 4 heteroatoms. The van der Waals surface area contributed by atoms with Crippen LogP contribution in [0, 0.1) is 0 Å². The second-order valence-electron chi connectivity index (χ2n) is 7.61. The fourth-order valence-electron chi connectivity index (χ4n) is 3.94. The maximum absolute atomic E-state index is 12.9. The summed E-state index contributed by atoms with van der Waals surface area (Å²) in [5.41, 5.74) is 3.80. The normalized spacial score (nSPS) is 14.3. The lowest BCUT2D eigenvalue weighted by Crippen LogP contribution is -1.98. The number of hydrogen-bond acceptors (Lipinski definition) is 3. The highest BCUT2D eigenvalue weighted by Crippen LogP contribution is 2.35. The quantitative estimate of drug-likeness (QED) is 0.340. The van der Waals surface area contributed by atoms with Crippen LogP contribution in [0.4, 0.5) is 0 Å². The van der Waals surface area contributed by atoms with Crippen molar-refractivity contribution in [2.45, 2.75) is 13.5 Å². The van der Waals surface area contributed by atoms with Crippen LogP contribution in [0.1, 0.15) is 28.4 Å². The van der Waals surface area contributed by atoms with Crippen LogP contribution in [0.15, 0.2) is 90.8 Å². The van der Waals surface area contributed by atoms with Crippen LogP contribution in [-0.4, -0.2) is 17.0 Å². The number of carbonyl (C=O) groups is 1. The number of aromatic nitrogens is 1. The number of fused-ring (bicyclic) bond motifs is 2. The Morgan fingerprint density at radius 2 is 1.81 bits per heavy atom. The molecule has 1 aliphatic heterocycles. The Morgan fingerprint density at radius 3 is 2.66 bits per heavy atom. The Bertz CT molecular complexity index is 1350. The summed E-state index contributed by atoms with van der Waals surface area (Å²) in [6.07, 6.45) is 7.87. The Labute approximate surface area is 187 Å². The Kier molecular flexibility index (Phi) is 5.34. The van der Waals surface area contributed by atoms with Gasteiger partial charge in [-0.1, -0.05) is 54.6 Å². The molecule has 0 saturated heterocycles. The first-order valence-electron chi connectivity index (χ1n) is 10.7. The molecule has 0 unspecified atom stereocenters.